The molecule has 19 heavy (non-hydrogen) atoms. The smallest absolute Gasteiger partial charge is 0.141 e. The summed E-state index contributed by atoms with van der Waals surface area (Å²) in [6.07, 6.45) is 4.96. The molecular formula is C15H24FN3. The van der Waals surface area contributed by atoms with Crippen LogP contribution in [0.4, 0.5) is 10.2 Å². The normalized spacial score (nSPS) is 20.0. The minimum atomic E-state index is -0.268. The third-order valence-electron chi connectivity index (χ3n) is 3.57. The number of pyridine rings is 1. The van der Waals surface area contributed by atoms with Gasteiger partial charge in [-0.15, -0.1) is 0 Å². The molecule has 1 N–H and O–H groups in total. The van der Waals surface area contributed by atoms with Crippen molar-refractivity contribution in [2.24, 2.45) is 5.92 Å². The average Bonchev–Trinajstić information content (AvgIpc) is 2.40. The quantitative estimate of drug-likeness (QED) is 0.887. The highest BCUT2D eigenvalue weighted by atomic mass is 19.1. The number of rotatable bonds is 5. The molecule has 1 aromatic heterocycles. The van der Waals surface area contributed by atoms with Crippen LogP contribution in [0.1, 0.15) is 33.1 Å². The van der Waals surface area contributed by atoms with Crippen LogP contribution in [0.2, 0.25) is 0 Å². The zero-order chi connectivity index (χ0) is 13.7. The number of piperidine rings is 1. The molecule has 0 aromatic carbocycles. The Balaban J connectivity index is 1.97. The van der Waals surface area contributed by atoms with E-state index in [1.807, 2.05) is 0 Å². The van der Waals surface area contributed by atoms with E-state index in [1.165, 1.54) is 31.5 Å². The van der Waals surface area contributed by atoms with E-state index in [0.29, 0.717) is 12.0 Å². The fourth-order valence-corrected chi connectivity index (χ4v) is 2.59. The van der Waals surface area contributed by atoms with Gasteiger partial charge in [0.1, 0.15) is 11.6 Å². The Morgan fingerprint density at radius 2 is 2.26 bits per heavy atom. The fraction of sp³-hybridized carbons (Fsp3) is 0.667. The highest BCUT2D eigenvalue weighted by Crippen LogP contribution is 2.22. The van der Waals surface area contributed by atoms with Gasteiger partial charge in [-0.3, -0.25) is 0 Å². The van der Waals surface area contributed by atoms with E-state index >= 15 is 0 Å². The SMILES string of the molecule is CC(C)CNCC1CCCCN1c1ccc(F)cn1. The molecule has 4 heteroatoms. The second-order valence-electron chi connectivity index (χ2n) is 5.73. The van der Waals surface area contributed by atoms with Crippen LogP contribution in [0.25, 0.3) is 0 Å². The van der Waals surface area contributed by atoms with Crippen LogP contribution in [0.15, 0.2) is 18.3 Å². The van der Waals surface area contributed by atoms with E-state index in [2.05, 4.69) is 29.0 Å². The van der Waals surface area contributed by atoms with Gasteiger partial charge < -0.3 is 10.2 Å². The molecule has 0 saturated carbocycles. The predicted octanol–water partition coefficient (Wildman–Crippen LogP) is 2.83. The molecule has 106 valence electrons. The van der Waals surface area contributed by atoms with E-state index in [4.69, 9.17) is 0 Å². The van der Waals surface area contributed by atoms with Crippen molar-refractivity contribution in [2.45, 2.75) is 39.2 Å². The number of halogens is 1. The molecule has 1 fully saturated rings. The minimum Gasteiger partial charge on any atom is -0.352 e. The Morgan fingerprint density at radius 1 is 1.42 bits per heavy atom. The molecule has 1 aromatic rings. The maximum absolute atomic E-state index is 12.9. The summed E-state index contributed by atoms with van der Waals surface area (Å²) in [7, 11) is 0. The molecular weight excluding hydrogens is 241 g/mol. The Kier molecular flexibility index (Phi) is 5.14. The molecule has 1 saturated heterocycles. The molecule has 1 aliphatic heterocycles. The number of aromatic nitrogens is 1. The van der Waals surface area contributed by atoms with Crippen LogP contribution in [0, 0.1) is 11.7 Å². The van der Waals surface area contributed by atoms with Crippen molar-refractivity contribution in [3.63, 3.8) is 0 Å². The zero-order valence-electron chi connectivity index (χ0n) is 11.9. The van der Waals surface area contributed by atoms with Crippen molar-refractivity contribution in [3.8, 4) is 0 Å². The van der Waals surface area contributed by atoms with Gasteiger partial charge in [-0.25, -0.2) is 9.37 Å². The Morgan fingerprint density at radius 3 is 2.95 bits per heavy atom. The van der Waals surface area contributed by atoms with Gasteiger partial charge in [0, 0.05) is 19.1 Å². The highest BCUT2D eigenvalue weighted by molar-refractivity contribution is 5.40. The zero-order valence-corrected chi connectivity index (χ0v) is 11.9. The van der Waals surface area contributed by atoms with Gasteiger partial charge in [0.25, 0.3) is 0 Å². The standard InChI is InChI=1S/C15H24FN3/c1-12(2)9-17-11-14-5-3-4-8-19(14)15-7-6-13(16)10-18-15/h6-7,10,12,14,17H,3-5,8-9,11H2,1-2H3. The second kappa shape index (κ2) is 6.85. The van der Waals surface area contributed by atoms with Crippen LogP contribution in [0.3, 0.4) is 0 Å². The number of hydrogen-bond donors (Lipinski definition) is 1. The minimum absolute atomic E-state index is 0.268. The molecule has 0 aliphatic carbocycles. The lowest BCUT2D eigenvalue weighted by molar-refractivity contribution is 0.420. The van der Waals surface area contributed by atoms with Gasteiger partial charge in [0.05, 0.1) is 6.20 Å². The number of anilines is 1. The lowest BCUT2D eigenvalue weighted by Crippen LogP contribution is -2.46. The topological polar surface area (TPSA) is 28.2 Å². The van der Waals surface area contributed by atoms with E-state index in [9.17, 15) is 4.39 Å². The average molecular weight is 265 g/mol. The van der Waals surface area contributed by atoms with Crippen molar-refractivity contribution < 1.29 is 4.39 Å². The van der Waals surface area contributed by atoms with E-state index in [0.717, 1.165) is 25.5 Å². The summed E-state index contributed by atoms with van der Waals surface area (Å²) in [5.41, 5.74) is 0. The molecule has 0 bridgehead atoms. The number of nitrogens with zero attached hydrogens (tertiary/aromatic N) is 2. The summed E-state index contributed by atoms with van der Waals surface area (Å²) in [6.45, 7) is 7.48. The largest absolute Gasteiger partial charge is 0.352 e. The van der Waals surface area contributed by atoms with Gasteiger partial charge in [-0.2, -0.15) is 0 Å². The lowest BCUT2D eigenvalue weighted by Gasteiger charge is -2.37. The molecule has 2 heterocycles. The van der Waals surface area contributed by atoms with Crippen molar-refractivity contribution >= 4 is 5.82 Å². The maximum atomic E-state index is 12.9. The lowest BCUT2D eigenvalue weighted by atomic mass is 10.0. The summed E-state index contributed by atoms with van der Waals surface area (Å²) in [6, 6.07) is 3.76. The summed E-state index contributed by atoms with van der Waals surface area (Å²) < 4.78 is 12.9. The molecule has 1 unspecified atom stereocenters. The molecule has 3 nitrogen and oxygen atoms in total. The third kappa shape index (κ3) is 4.16. The highest BCUT2D eigenvalue weighted by Gasteiger charge is 2.23. The predicted molar refractivity (Wildman–Crippen MR) is 76.9 cm³/mol. The summed E-state index contributed by atoms with van der Waals surface area (Å²) >= 11 is 0. The second-order valence-corrected chi connectivity index (χ2v) is 5.73. The summed E-state index contributed by atoms with van der Waals surface area (Å²) in [5, 5.41) is 3.52. The molecule has 1 atom stereocenters. The van der Waals surface area contributed by atoms with Crippen molar-refractivity contribution in [2.75, 3.05) is 24.5 Å². The summed E-state index contributed by atoms with van der Waals surface area (Å²) in [4.78, 5) is 6.53. The van der Waals surface area contributed by atoms with Crippen LogP contribution >= 0.6 is 0 Å². The van der Waals surface area contributed by atoms with Crippen molar-refractivity contribution in [1.82, 2.24) is 10.3 Å². The van der Waals surface area contributed by atoms with Gasteiger partial charge >= 0.3 is 0 Å². The third-order valence-corrected chi connectivity index (χ3v) is 3.57. The number of hydrogen-bond acceptors (Lipinski definition) is 3. The number of nitrogens with one attached hydrogen (secondary N) is 1. The molecule has 1 aliphatic rings. The fourth-order valence-electron chi connectivity index (χ4n) is 2.59. The van der Waals surface area contributed by atoms with Crippen molar-refractivity contribution in [3.05, 3.63) is 24.1 Å². The van der Waals surface area contributed by atoms with Crippen LogP contribution in [0.5, 0.6) is 0 Å². The first-order chi connectivity index (χ1) is 9.16. The van der Waals surface area contributed by atoms with E-state index < -0.39 is 0 Å². The summed E-state index contributed by atoms with van der Waals surface area (Å²) in [5.74, 6) is 1.30. The van der Waals surface area contributed by atoms with E-state index in [-0.39, 0.29) is 5.82 Å². The molecule has 2 rings (SSSR count). The van der Waals surface area contributed by atoms with Gasteiger partial charge in [0.15, 0.2) is 0 Å². The Bertz CT molecular complexity index is 377. The van der Waals surface area contributed by atoms with Crippen LogP contribution in [-0.2, 0) is 0 Å². The first kappa shape index (κ1) is 14.3. The Hall–Kier alpha value is -1.16. The molecule has 0 radical (unpaired) electrons. The first-order valence-corrected chi connectivity index (χ1v) is 7.25. The van der Waals surface area contributed by atoms with Gasteiger partial charge in [-0.1, -0.05) is 13.8 Å². The van der Waals surface area contributed by atoms with Crippen molar-refractivity contribution in [1.29, 1.82) is 0 Å². The van der Waals surface area contributed by atoms with Crippen LogP contribution < -0.4 is 10.2 Å². The molecule has 0 spiro atoms. The van der Waals surface area contributed by atoms with Gasteiger partial charge in [-0.05, 0) is 43.9 Å². The van der Waals surface area contributed by atoms with Gasteiger partial charge in [0.2, 0.25) is 0 Å². The Labute approximate surface area is 115 Å². The maximum Gasteiger partial charge on any atom is 0.141 e. The van der Waals surface area contributed by atoms with Crippen LogP contribution in [-0.4, -0.2) is 30.7 Å². The first-order valence-electron chi connectivity index (χ1n) is 7.25. The monoisotopic (exact) mass is 265 g/mol. The van der Waals surface area contributed by atoms with E-state index in [1.54, 1.807) is 6.07 Å². The molecule has 0 amide bonds.